The molecular formula is C9H11NO4. The molecule has 0 fully saturated rings. The molecule has 0 aromatic heterocycles. The van der Waals surface area contributed by atoms with Crippen molar-refractivity contribution in [1.29, 1.82) is 0 Å². The Kier molecular flexibility index (Phi) is 3.07. The summed E-state index contributed by atoms with van der Waals surface area (Å²) in [4.78, 5) is 20.8. The fourth-order valence-corrected chi connectivity index (χ4v) is 1.42. The summed E-state index contributed by atoms with van der Waals surface area (Å²) in [5.41, 5.74) is -2.07. The van der Waals surface area contributed by atoms with Crippen LogP contribution in [0.4, 0.5) is 0 Å². The van der Waals surface area contributed by atoms with Crippen LogP contribution in [-0.2, 0) is 4.79 Å². The molecule has 76 valence electrons. The largest absolute Gasteiger partial charge is 0.475 e. The molecule has 1 aliphatic carbocycles. The average Bonchev–Trinajstić information content (AvgIpc) is 2.02. The van der Waals surface area contributed by atoms with Crippen LogP contribution in [-0.4, -0.2) is 21.5 Å². The fourth-order valence-electron chi connectivity index (χ4n) is 1.42. The number of hydrogen-bond donors (Lipinski definition) is 1. The Morgan fingerprint density at radius 2 is 2.14 bits per heavy atom. The second-order valence-corrected chi connectivity index (χ2v) is 3.28. The van der Waals surface area contributed by atoms with Crippen LogP contribution in [0.15, 0.2) is 0 Å². The van der Waals surface area contributed by atoms with Gasteiger partial charge in [0.1, 0.15) is 0 Å². The Hall–Kier alpha value is -1.57. The van der Waals surface area contributed by atoms with Gasteiger partial charge in [-0.25, -0.2) is 4.79 Å². The third-order valence-corrected chi connectivity index (χ3v) is 2.30. The van der Waals surface area contributed by atoms with Gasteiger partial charge in [-0.2, -0.15) is 0 Å². The van der Waals surface area contributed by atoms with Gasteiger partial charge in [0, 0.05) is 12.8 Å². The standard InChI is InChI=1S/C9H11NO4/c11-8(12)9(10(13)14)6-4-2-1-3-5-7-9/h1-4,6H2,(H,11,12). The third kappa shape index (κ3) is 1.84. The van der Waals surface area contributed by atoms with E-state index in [0.717, 1.165) is 12.8 Å². The maximum atomic E-state index is 10.8. The normalized spacial score (nSPS) is 26.6. The van der Waals surface area contributed by atoms with Crippen molar-refractivity contribution in [3.8, 4) is 11.8 Å². The number of nitro groups is 1. The van der Waals surface area contributed by atoms with E-state index in [1.807, 2.05) is 0 Å². The first kappa shape index (κ1) is 10.5. The molecule has 0 bridgehead atoms. The molecule has 1 unspecified atom stereocenters. The lowest BCUT2D eigenvalue weighted by Gasteiger charge is -2.15. The highest BCUT2D eigenvalue weighted by molar-refractivity contribution is 5.81. The lowest BCUT2D eigenvalue weighted by atomic mass is 9.91. The number of carboxylic acid groups (broad SMARTS) is 1. The van der Waals surface area contributed by atoms with Gasteiger partial charge in [0.25, 0.3) is 0 Å². The zero-order valence-electron chi connectivity index (χ0n) is 7.65. The van der Waals surface area contributed by atoms with Gasteiger partial charge >= 0.3 is 11.5 Å². The first-order valence-electron chi connectivity index (χ1n) is 4.47. The smallest absolute Gasteiger partial charge is 0.395 e. The summed E-state index contributed by atoms with van der Waals surface area (Å²) in [6, 6.07) is 0. The maximum absolute atomic E-state index is 10.8. The molecule has 1 rings (SSSR count). The lowest BCUT2D eigenvalue weighted by molar-refractivity contribution is -0.538. The summed E-state index contributed by atoms with van der Waals surface area (Å²) < 4.78 is 0. The molecule has 0 amide bonds. The van der Waals surface area contributed by atoms with Crippen molar-refractivity contribution in [2.45, 2.75) is 37.6 Å². The molecule has 0 saturated carbocycles. The Morgan fingerprint density at radius 1 is 1.43 bits per heavy atom. The van der Waals surface area contributed by atoms with Crippen molar-refractivity contribution < 1.29 is 14.8 Å². The SMILES string of the molecule is O=C(O)C1([N+](=O)[O-])C#CCCCCC1. The Balaban J connectivity index is 3.04. The van der Waals surface area contributed by atoms with E-state index >= 15 is 0 Å². The first-order valence-corrected chi connectivity index (χ1v) is 4.47. The minimum atomic E-state index is -2.07. The van der Waals surface area contributed by atoms with Crippen LogP contribution < -0.4 is 0 Å². The molecule has 0 aliphatic heterocycles. The van der Waals surface area contributed by atoms with Crippen molar-refractivity contribution >= 4 is 5.97 Å². The second-order valence-electron chi connectivity index (χ2n) is 3.28. The summed E-state index contributed by atoms with van der Waals surface area (Å²) in [5, 5.41) is 19.5. The van der Waals surface area contributed by atoms with E-state index in [9.17, 15) is 14.9 Å². The van der Waals surface area contributed by atoms with E-state index in [-0.39, 0.29) is 6.42 Å². The zero-order valence-corrected chi connectivity index (χ0v) is 7.65. The lowest BCUT2D eigenvalue weighted by Crippen LogP contribution is -2.45. The molecule has 0 radical (unpaired) electrons. The number of hydrogen-bond acceptors (Lipinski definition) is 3. The quantitative estimate of drug-likeness (QED) is 0.407. The summed E-state index contributed by atoms with van der Waals surface area (Å²) in [7, 11) is 0. The molecule has 1 atom stereocenters. The summed E-state index contributed by atoms with van der Waals surface area (Å²) >= 11 is 0. The maximum Gasteiger partial charge on any atom is 0.395 e. The highest BCUT2D eigenvalue weighted by Gasteiger charge is 2.49. The number of aliphatic carboxylic acids is 1. The molecule has 5 heteroatoms. The van der Waals surface area contributed by atoms with E-state index in [1.165, 1.54) is 0 Å². The Morgan fingerprint density at radius 3 is 2.71 bits per heavy atom. The zero-order chi connectivity index (χ0) is 10.6. The van der Waals surface area contributed by atoms with E-state index in [4.69, 9.17) is 5.11 Å². The first-order chi connectivity index (χ1) is 6.59. The summed E-state index contributed by atoms with van der Waals surface area (Å²) in [5.74, 6) is 3.41. The Labute approximate surface area is 81.3 Å². The van der Waals surface area contributed by atoms with Gasteiger partial charge in [0.05, 0.1) is 4.92 Å². The second kappa shape index (κ2) is 4.09. The van der Waals surface area contributed by atoms with Crippen molar-refractivity contribution in [3.63, 3.8) is 0 Å². The van der Waals surface area contributed by atoms with Crippen molar-refractivity contribution in [1.82, 2.24) is 0 Å². The van der Waals surface area contributed by atoms with Crippen LogP contribution >= 0.6 is 0 Å². The molecule has 1 aliphatic rings. The van der Waals surface area contributed by atoms with Gasteiger partial charge < -0.3 is 5.11 Å². The number of carbonyl (C=O) groups is 1. The number of carboxylic acids is 1. The molecule has 0 heterocycles. The van der Waals surface area contributed by atoms with E-state index < -0.39 is 16.4 Å². The minimum absolute atomic E-state index is 0.00231. The van der Waals surface area contributed by atoms with Crippen LogP contribution in [0.25, 0.3) is 0 Å². The molecule has 0 aromatic rings. The van der Waals surface area contributed by atoms with Crippen LogP contribution in [0.3, 0.4) is 0 Å². The monoisotopic (exact) mass is 197 g/mol. The summed E-state index contributed by atoms with van der Waals surface area (Å²) in [6.45, 7) is 0. The van der Waals surface area contributed by atoms with Crippen LogP contribution in [0.2, 0.25) is 0 Å². The topological polar surface area (TPSA) is 80.4 Å². The highest BCUT2D eigenvalue weighted by Crippen LogP contribution is 2.21. The number of rotatable bonds is 2. The van der Waals surface area contributed by atoms with Gasteiger partial charge in [-0.05, 0) is 18.8 Å². The molecule has 1 N–H and O–H groups in total. The molecule has 14 heavy (non-hydrogen) atoms. The van der Waals surface area contributed by atoms with Gasteiger partial charge in [-0.1, -0.05) is 12.3 Å². The molecule has 5 nitrogen and oxygen atoms in total. The fraction of sp³-hybridized carbons (Fsp3) is 0.667. The molecule has 0 spiro atoms. The predicted octanol–water partition coefficient (Wildman–Crippen LogP) is 1.05. The van der Waals surface area contributed by atoms with Crippen molar-refractivity contribution in [2.75, 3.05) is 0 Å². The molecular weight excluding hydrogens is 186 g/mol. The van der Waals surface area contributed by atoms with Gasteiger partial charge in [-0.3, -0.25) is 10.1 Å². The molecule has 0 aromatic carbocycles. The van der Waals surface area contributed by atoms with Crippen LogP contribution in [0.5, 0.6) is 0 Å². The minimum Gasteiger partial charge on any atom is -0.475 e. The van der Waals surface area contributed by atoms with E-state index in [2.05, 4.69) is 11.8 Å². The third-order valence-electron chi connectivity index (χ3n) is 2.30. The van der Waals surface area contributed by atoms with Gasteiger partial charge in [0.15, 0.2) is 0 Å². The molecule has 0 saturated heterocycles. The van der Waals surface area contributed by atoms with Gasteiger partial charge in [-0.15, -0.1) is 0 Å². The highest BCUT2D eigenvalue weighted by atomic mass is 16.6. The van der Waals surface area contributed by atoms with Gasteiger partial charge in [0.2, 0.25) is 0 Å². The van der Waals surface area contributed by atoms with E-state index in [0.29, 0.717) is 12.8 Å². The van der Waals surface area contributed by atoms with Crippen LogP contribution in [0.1, 0.15) is 32.1 Å². The predicted molar refractivity (Wildman–Crippen MR) is 48.2 cm³/mol. The average molecular weight is 197 g/mol. The van der Waals surface area contributed by atoms with Crippen molar-refractivity contribution in [2.24, 2.45) is 0 Å². The number of nitrogens with zero attached hydrogens (tertiary/aromatic N) is 1. The van der Waals surface area contributed by atoms with Crippen molar-refractivity contribution in [3.05, 3.63) is 10.1 Å². The summed E-state index contributed by atoms with van der Waals surface area (Å²) in [6.07, 6.45) is 2.78. The van der Waals surface area contributed by atoms with E-state index in [1.54, 1.807) is 0 Å². The van der Waals surface area contributed by atoms with Crippen LogP contribution in [0, 0.1) is 22.0 Å². The Bertz CT molecular complexity index is 299.